The van der Waals surface area contributed by atoms with Gasteiger partial charge in [-0.15, -0.1) is 5.10 Å². The standard InChI is InChI=1S/C8H13N4O8P/c9-6(15)7-10-2-12(11-7)8-5(14)4(13)3(20-8)1-19-21(16,17)18/h2-5,8,13-14H,1H2,(H2,9,15)(H2,16,17,18)/p-2. The SMILES string of the molecule is NC(=O)c1ncn(C2OC(COP(=O)([O-])[O-])C(O)C2O)n1. The molecule has 0 spiro atoms. The van der Waals surface area contributed by atoms with Crippen LogP contribution in [0, 0.1) is 0 Å². The van der Waals surface area contributed by atoms with Crippen LogP contribution in [-0.4, -0.2) is 55.8 Å². The summed E-state index contributed by atoms with van der Waals surface area (Å²) in [5.74, 6) is -1.23. The molecule has 12 nitrogen and oxygen atoms in total. The third-order valence-corrected chi connectivity index (χ3v) is 3.19. The van der Waals surface area contributed by atoms with Gasteiger partial charge < -0.3 is 39.6 Å². The summed E-state index contributed by atoms with van der Waals surface area (Å²) < 4.78 is 20.4. The average molecular weight is 322 g/mol. The lowest BCUT2D eigenvalue weighted by Crippen LogP contribution is -2.34. The second-order valence-corrected chi connectivity index (χ2v) is 5.35. The molecule has 1 saturated heterocycles. The molecule has 1 aliphatic heterocycles. The number of aliphatic hydroxyl groups excluding tert-OH is 2. The van der Waals surface area contributed by atoms with E-state index in [1.54, 1.807) is 0 Å². The van der Waals surface area contributed by atoms with Crippen LogP contribution < -0.4 is 15.5 Å². The monoisotopic (exact) mass is 322 g/mol. The summed E-state index contributed by atoms with van der Waals surface area (Å²) >= 11 is 0. The molecule has 118 valence electrons. The maximum absolute atomic E-state index is 10.9. The van der Waals surface area contributed by atoms with E-state index in [1.165, 1.54) is 0 Å². The van der Waals surface area contributed by atoms with E-state index in [1.807, 2.05) is 0 Å². The Balaban J connectivity index is 2.08. The molecule has 2 rings (SSSR count). The van der Waals surface area contributed by atoms with E-state index in [2.05, 4.69) is 14.6 Å². The number of phosphoric acid groups is 1. The van der Waals surface area contributed by atoms with Crippen LogP contribution in [0.3, 0.4) is 0 Å². The molecule has 0 aliphatic carbocycles. The largest absolute Gasteiger partial charge is 0.790 e. The third-order valence-electron chi connectivity index (χ3n) is 2.72. The first-order valence-corrected chi connectivity index (χ1v) is 7.04. The lowest BCUT2D eigenvalue weighted by molar-refractivity contribution is -0.343. The molecule has 4 N–H and O–H groups in total. The Morgan fingerprint density at radius 2 is 2.19 bits per heavy atom. The lowest BCUT2D eigenvalue weighted by Gasteiger charge is -2.30. The summed E-state index contributed by atoms with van der Waals surface area (Å²) in [5.41, 5.74) is 4.96. The highest BCUT2D eigenvalue weighted by atomic mass is 31.2. The minimum atomic E-state index is -5.23. The van der Waals surface area contributed by atoms with Crippen LogP contribution in [0.2, 0.25) is 0 Å². The molecule has 1 aliphatic rings. The first-order valence-electron chi connectivity index (χ1n) is 5.58. The van der Waals surface area contributed by atoms with Gasteiger partial charge in [0, 0.05) is 0 Å². The van der Waals surface area contributed by atoms with Crippen molar-refractivity contribution in [3.05, 3.63) is 12.2 Å². The van der Waals surface area contributed by atoms with E-state index >= 15 is 0 Å². The third kappa shape index (κ3) is 3.63. The highest BCUT2D eigenvalue weighted by Gasteiger charge is 2.44. The summed E-state index contributed by atoms with van der Waals surface area (Å²) in [7, 11) is -5.23. The van der Waals surface area contributed by atoms with E-state index in [-0.39, 0.29) is 5.82 Å². The molecular weight excluding hydrogens is 311 g/mol. The number of aliphatic hydroxyl groups is 2. The Hall–Kier alpha value is -1.40. The van der Waals surface area contributed by atoms with Gasteiger partial charge >= 0.3 is 0 Å². The quantitative estimate of drug-likeness (QED) is 0.447. The Kier molecular flexibility index (Phi) is 4.39. The number of primary amides is 1. The fourth-order valence-corrected chi connectivity index (χ4v) is 2.09. The number of hydrogen-bond donors (Lipinski definition) is 3. The van der Waals surface area contributed by atoms with Gasteiger partial charge in [0.25, 0.3) is 5.91 Å². The Labute approximate surface area is 117 Å². The fraction of sp³-hybridized carbons (Fsp3) is 0.625. The van der Waals surface area contributed by atoms with Crippen molar-refractivity contribution < 1.29 is 38.6 Å². The van der Waals surface area contributed by atoms with Crippen LogP contribution >= 0.6 is 7.82 Å². The van der Waals surface area contributed by atoms with Gasteiger partial charge in [-0.1, -0.05) is 0 Å². The van der Waals surface area contributed by atoms with Gasteiger partial charge in [0.05, 0.1) is 14.4 Å². The van der Waals surface area contributed by atoms with Crippen LogP contribution in [0.1, 0.15) is 16.8 Å². The molecule has 2 heterocycles. The van der Waals surface area contributed by atoms with Crippen molar-refractivity contribution in [2.75, 3.05) is 6.61 Å². The van der Waals surface area contributed by atoms with Crippen LogP contribution in [0.5, 0.6) is 0 Å². The number of carbonyl (C=O) groups is 1. The van der Waals surface area contributed by atoms with Crippen LogP contribution in [0.4, 0.5) is 0 Å². The summed E-state index contributed by atoms with van der Waals surface area (Å²) in [4.78, 5) is 35.2. The molecule has 13 heteroatoms. The van der Waals surface area contributed by atoms with Gasteiger partial charge in [-0.25, -0.2) is 9.67 Å². The minimum absolute atomic E-state index is 0.330. The predicted octanol–water partition coefficient (Wildman–Crippen LogP) is -4.16. The summed E-state index contributed by atoms with van der Waals surface area (Å²) in [5, 5.41) is 23.1. The number of ether oxygens (including phenoxy) is 1. The van der Waals surface area contributed by atoms with Gasteiger partial charge in [-0.05, 0) is 0 Å². The molecule has 0 bridgehead atoms. The number of carbonyl (C=O) groups excluding carboxylic acids is 1. The molecule has 4 unspecified atom stereocenters. The molecule has 0 aromatic carbocycles. The van der Waals surface area contributed by atoms with Crippen molar-refractivity contribution >= 4 is 13.7 Å². The summed E-state index contributed by atoms with van der Waals surface area (Å²) in [6.07, 6.45) is -4.51. The molecule has 21 heavy (non-hydrogen) atoms. The molecule has 1 aromatic rings. The van der Waals surface area contributed by atoms with Crippen molar-refractivity contribution in [1.82, 2.24) is 14.8 Å². The normalized spacial score (nSPS) is 29.7. The molecule has 1 aromatic heterocycles. The van der Waals surface area contributed by atoms with Crippen molar-refractivity contribution in [3.63, 3.8) is 0 Å². The van der Waals surface area contributed by atoms with Crippen molar-refractivity contribution in [3.8, 4) is 0 Å². The van der Waals surface area contributed by atoms with Crippen LogP contribution in [0.15, 0.2) is 6.33 Å². The zero-order valence-electron chi connectivity index (χ0n) is 10.3. The number of amides is 1. The zero-order valence-corrected chi connectivity index (χ0v) is 11.2. The zero-order chi connectivity index (χ0) is 15.8. The highest BCUT2D eigenvalue weighted by molar-refractivity contribution is 7.43. The van der Waals surface area contributed by atoms with Gasteiger partial charge in [-0.2, -0.15) is 0 Å². The van der Waals surface area contributed by atoms with E-state index < -0.39 is 44.9 Å². The van der Waals surface area contributed by atoms with Gasteiger partial charge in [0.2, 0.25) is 5.82 Å². The van der Waals surface area contributed by atoms with Crippen molar-refractivity contribution in [1.29, 1.82) is 0 Å². The Morgan fingerprint density at radius 3 is 2.71 bits per heavy atom. The molecule has 1 amide bonds. The molecule has 0 saturated carbocycles. The van der Waals surface area contributed by atoms with E-state index in [4.69, 9.17) is 10.5 Å². The van der Waals surface area contributed by atoms with Crippen molar-refractivity contribution in [2.45, 2.75) is 24.5 Å². The number of nitrogens with zero attached hydrogens (tertiary/aromatic N) is 3. The van der Waals surface area contributed by atoms with Gasteiger partial charge in [0.15, 0.2) is 6.23 Å². The smallest absolute Gasteiger partial charge is 0.288 e. The molecule has 0 radical (unpaired) electrons. The molecule has 1 fully saturated rings. The minimum Gasteiger partial charge on any atom is -0.790 e. The predicted molar refractivity (Wildman–Crippen MR) is 58.0 cm³/mol. The first kappa shape index (κ1) is 16.0. The second kappa shape index (κ2) is 5.77. The topological polar surface area (TPSA) is 196 Å². The Morgan fingerprint density at radius 1 is 1.52 bits per heavy atom. The maximum Gasteiger partial charge on any atom is 0.288 e. The highest BCUT2D eigenvalue weighted by Crippen LogP contribution is 2.32. The second-order valence-electron chi connectivity index (χ2n) is 4.20. The van der Waals surface area contributed by atoms with Gasteiger partial charge in [-0.3, -0.25) is 4.79 Å². The summed E-state index contributed by atoms with van der Waals surface area (Å²) in [6.45, 7) is -0.767. The fourth-order valence-electron chi connectivity index (χ4n) is 1.76. The Bertz CT molecular complexity index is 572. The number of phosphoric ester groups is 1. The number of aromatic nitrogens is 3. The van der Waals surface area contributed by atoms with E-state index in [9.17, 15) is 29.4 Å². The van der Waals surface area contributed by atoms with Crippen LogP contribution in [0.25, 0.3) is 0 Å². The number of nitrogens with two attached hydrogens (primary N) is 1. The van der Waals surface area contributed by atoms with E-state index in [0.29, 0.717) is 0 Å². The van der Waals surface area contributed by atoms with E-state index in [0.717, 1.165) is 11.0 Å². The molecular formula is C8H11N4O8P-2. The van der Waals surface area contributed by atoms with Crippen LogP contribution in [-0.2, 0) is 13.8 Å². The lowest BCUT2D eigenvalue weighted by atomic mass is 10.1. The van der Waals surface area contributed by atoms with Gasteiger partial charge in [0.1, 0.15) is 24.6 Å². The number of rotatable bonds is 5. The maximum atomic E-state index is 10.9. The summed E-state index contributed by atoms with van der Waals surface area (Å²) in [6, 6.07) is 0. The first-order chi connectivity index (χ1) is 9.69. The molecule has 4 atom stereocenters. The average Bonchev–Trinajstić information content (AvgIpc) is 2.94. The van der Waals surface area contributed by atoms with Crippen molar-refractivity contribution in [2.24, 2.45) is 5.73 Å². The number of hydrogen-bond acceptors (Lipinski definition) is 10.